The molecule has 1 aliphatic carbocycles. The van der Waals surface area contributed by atoms with Crippen LogP contribution in [0.1, 0.15) is 19.8 Å². The Balaban J connectivity index is 2.88. The van der Waals surface area contributed by atoms with E-state index in [1.807, 2.05) is 0 Å². The Morgan fingerprint density at radius 2 is 2.33 bits per heavy atom. The molecule has 0 aromatic carbocycles. The fraction of sp³-hybridized carbons (Fsp3) is 0.429. The lowest BCUT2D eigenvalue weighted by Crippen LogP contribution is -1.89. The molecule has 1 rings (SSSR count). The molecule has 0 atom stereocenters. The van der Waals surface area contributed by atoms with Crippen molar-refractivity contribution in [1.29, 1.82) is 0 Å². The Morgan fingerprint density at radius 1 is 1.67 bits per heavy atom. The zero-order valence-corrected chi connectivity index (χ0v) is 6.00. The highest BCUT2D eigenvalue weighted by molar-refractivity contribution is 6.30. The van der Waals surface area contributed by atoms with Crippen LogP contribution in [0.2, 0.25) is 0 Å². The Hall–Kier alpha value is -0.300. The van der Waals surface area contributed by atoms with E-state index in [0.717, 1.165) is 12.8 Å². The van der Waals surface area contributed by atoms with Gasteiger partial charge in [0, 0.05) is 5.03 Å². The van der Waals surface area contributed by atoms with E-state index in [4.69, 9.17) is 11.6 Å². The largest absolute Gasteiger partial charge is 0.207 e. The topological polar surface area (TPSA) is 0 Å². The van der Waals surface area contributed by atoms with Crippen molar-refractivity contribution in [2.75, 3.05) is 0 Å². The summed E-state index contributed by atoms with van der Waals surface area (Å²) in [5, 5.41) is 0.662. The van der Waals surface area contributed by atoms with E-state index < -0.39 is 0 Å². The summed E-state index contributed by atoms with van der Waals surface area (Å²) in [4.78, 5) is 0. The zero-order valence-electron chi connectivity index (χ0n) is 5.25. The Bertz CT molecular complexity index is 179. The molecule has 0 N–H and O–H groups in total. The summed E-state index contributed by atoms with van der Waals surface area (Å²) in [6, 6.07) is 0. The van der Waals surface area contributed by atoms with E-state index >= 15 is 0 Å². The smallest absolute Gasteiger partial charge is 0.123 e. The molecule has 0 aromatic rings. The van der Waals surface area contributed by atoms with Crippen LogP contribution >= 0.6 is 11.6 Å². The molecule has 0 unspecified atom stereocenters. The van der Waals surface area contributed by atoms with Crippen molar-refractivity contribution >= 4 is 11.6 Å². The number of halogens is 2. The molecule has 0 fully saturated rings. The first kappa shape index (κ1) is 6.81. The maximum absolute atomic E-state index is 12.5. The molecule has 0 heterocycles. The first-order valence-electron chi connectivity index (χ1n) is 2.93. The van der Waals surface area contributed by atoms with Crippen LogP contribution in [0.15, 0.2) is 22.5 Å². The van der Waals surface area contributed by atoms with Gasteiger partial charge in [0.15, 0.2) is 0 Å². The number of hydrogen-bond donors (Lipinski definition) is 0. The van der Waals surface area contributed by atoms with Crippen molar-refractivity contribution in [2.24, 2.45) is 0 Å². The second-order valence-corrected chi connectivity index (χ2v) is 2.58. The molecule has 0 nitrogen and oxygen atoms in total. The monoisotopic (exact) mass is 146 g/mol. The van der Waals surface area contributed by atoms with E-state index in [9.17, 15) is 4.39 Å². The lowest BCUT2D eigenvalue weighted by molar-refractivity contribution is 0.633. The second kappa shape index (κ2) is 2.53. The van der Waals surface area contributed by atoms with Gasteiger partial charge in [-0.25, -0.2) is 4.39 Å². The van der Waals surface area contributed by atoms with Gasteiger partial charge in [0.1, 0.15) is 5.83 Å². The average Bonchev–Trinajstić information content (AvgIpc) is 1.83. The summed E-state index contributed by atoms with van der Waals surface area (Å²) >= 11 is 5.66. The number of rotatable bonds is 0. The van der Waals surface area contributed by atoms with Gasteiger partial charge in [-0.1, -0.05) is 11.6 Å². The lowest BCUT2D eigenvalue weighted by atomic mass is 10.1. The first-order valence-corrected chi connectivity index (χ1v) is 3.31. The van der Waals surface area contributed by atoms with Crippen LogP contribution in [-0.4, -0.2) is 0 Å². The fourth-order valence-corrected chi connectivity index (χ4v) is 0.995. The van der Waals surface area contributed by atoms with Gasteiger partial charge in [0.25, 0.3) is 0 Å². The van der Waals surface area contributed by atoms with Crippen LogP contribution in [0.5, 0.6) is 0 Å². The summed E-state index contributed by atoms with van der Waals surface area (Å²) in [5.41, 5.74) is 0.600. The molecule has 50 valence electrons. The van der Waals surface area contributed by atoms with Gasteiger partial charge in [-0.15, -0.1) is 0 Å². The predicted molar refractivity (Wildman–Crippen MR) is 37.0 cm³/mol. The zero-order chi connectivity index (χ0) is 6.85. The van der Waals surface area contributed by atoms with Crippen molar-refractivity contribution < 1.29 is 4.39 Å². The van der Waals surface area contributed by atoms with Crippen molar-refractivity contribution in [1.82, 2.24) is 0 Å². The van der Waals surface area contributed by atoms with E-state index in [2.05, 4.69) is 0 Å². The predicted octanol–water partition coefficient (Wildman–Crippen LogP) is 3.15. The first-order chi connectivity index (χ1) is 4.22. The van der Waals surface area contributed by atoms with Crippen molar-refractivity contribution in [3.63, 3.8) is 0 Å². The Kier molecular flexibility index (Phi) is 1.91. The van der Waals surface area contributed by atoms with Crippen LogP contribution in [-0.2, 0) is 0 Å². The van der Waals surface area contributed by atoms with E-state index in [-0.39, 0.29) is 5.83 Å². The van der Waals surface area contributed by atoms with E-state index in [0.29, 0.717) is 10.6 Å². The van der Waals surface area contributed by atoms with Gasteiger partial charge in [-0.05, 0) is 31.4 Å². The van der Waals surface area contributed by atoms with Crippen LogP contribution in [0.25, 0.3) is 0 Å². The SMILES string of the molecule is CC1=C(Cl)CCC=C1F. The van der Waals surface area contributed by atoms with E-state index in [1.165, 1.54) is 0 Å². The summed E-state index contributed by atoms with van der Waals surface area (Å²) in [5.74, 6) is -0.161. The molecule has 2 heteroatoms. The van der Waals surface area contributed by atoms with Gasteiger partial charge in [-0.2, -0.15) is 0 Å². The van der Waals surface area contributed by atoms with Crippen molar-refractivity contribution in [3.05, 3.63) is 22.5 Å². The molecule has 0 bridgehead atoms. The third-order valence-corrected chi connectivity index (χ3v) is 1.92. The summed E-state index contributed by atoms with van der Waals surface area (Å²) < 4.78 is 12.5. The highest BCUT2D eigenvalue weighted by Gasteiger charge is 2.08. The third-order valence-electron chi connectivity index (χ3n) is 1.45. The van der Waals surface area contributed by atoms with Crippen LogP contribution in [0.3, 0.4) is 0 Å². The van der Waals surface area contributed by atoms with Gasteiger partial charge in [0.05, 0.1) is 0 Å². The van der Waals surface area contributed by atoms with Crippen LogP contribution in [0.4, 0.5) is 4.39 Å². The normalized spacial score (nSPS) is 20.1. The number of hydrogen-bond acceptors (Lipinski definition) is 0. The van der Waals surface area contributed by atoms with E-state index in [1.54, 1.807) is 13.0 Å². The van der Waals surface area contributed by atoms with Gasteiger partial charge < -0.3 is 0 Å². The van der Waals surface area contributed by atoms with Crippen molar-refractivity contribution in [2.45, 2.75) is 19.8 Å². The van der Waals surface area contributed by atoms with Crippen LogP contribution in [0, 0.1) is 0 Å². The lowest BCUT2D eigenvalue weighted by Gasteiger charge is -2.07. The molecule has 0 saturated heterocycles. The molecule has 0 saturated carbocycles. The average molecular weight is 147 g/mol. The highest BCUT2D eigenvalue weighted by Crippen LogP contribution is 2.27. The molecule has 0 radical (unpaired) electrons. The van der Waals surface area contributed by atoms with Gasteiger partial charge >= 0.3 is 0 Å². The Morgan fingerprint density at radius 3 is 2.78 bits per heavy atom. The maximum Gasteiger partial charge on any atom is 0.123 e. The minimum Gasteiger partial charge on any atom is -0.207 e. The minimum absolute atomic E-state index is 0.161. The molecule has 9 heavy (non-hydrogen) atoms. The molecule has 1 aliphatic rings. The quantitative estimate of drug-likeness (QED) is 0.493. The minimum atomic E-state index is -0.161. The molecule has 0 spiro atoms. The third kappa shape index (κ3) is 1.33. The molecular weight excluding hydrogens is 139 g/mol. The molecular formula is C7H8ClF. The fourth-order valence-electron chi connectivity index (χ4n) is 0.796. The summed E-state index contributed by atoms with van der Waals surface area (Å²) in [7, 11) is 0. The molecule has 0 amide bonds. The van der Waals surface area contributed by atoms with Crippen molar-refractivity contribution in [3.8, 4) is 0 Å². The number of allylic oxidation sites excluding steroid dienone is 4. The van der Waals surface area contributed by atoms with Crippen LogP contribution < -0.4 is 0 Å². The highest BCUT2D eigenvalue weighted by atomic mass is 35.5. The maximum atomic E-state index is 12.5. The summed E-state index contributed by atoms with van der Waals surface area (Å²) in [6.45, 7) is 1.70. The summed E-state index contributed by atoms with van der Waals surface area (Å²) in [6.07, 6.45) is 3.10. The molecule has 0 aromatic heterocycles. The molecule has 0 aliphatic heterocycles. The standard InChI is InChI=1S/C7H8ClF/c1-5-6(8)3-2-4-7(5)9/h4H,2-3H2,1H3. The van der Waals surface area contributed by atoms with Gasteiger partial charge in [0.2, 0.25) is 0 Å². The van der Waals surface area contributed by atoms with Gasteiger partial charge in [-0.3, -0.25) is 0 Å². The Labute approximate surface area is 59.0 Å². The second-order valence-electron chi connectivity index (χ2n) is 2.12.